The molecule has 3 atom stereocenters. The second-order valence-corrected chi connectivity index (χ2v) is 9.22. The average molecular weight is 521 g/mol. The monoisotopic (exact) mass is 520 g/mol. The third-order valence-corrected chi connectivity index (χ3v) is 6.85. The van der Waals surface area contributed by atoms with Crippen molar-refractivity contribution < 1.29 is 33.0 Å². The molecule has 2 aromatic carbocycles. The number of rotatable bonds is 7. The van der Waals surface area contributed by atoms with Crippen LogP contribution in [0.2, 0.25) is 5.02 Å². The Morgan fingerprint density at radius 1 is 1.06 bits per heavy atom. The summed E-state index contributed by atoms with van der Waals surface area (Å²) in [5, 5.41) is 16.1. The molecule has 2 amide bonds. The summed E-state index contributed by atoms with van der Waals surface area (Å²) in [4.78, 5) is 36.1. The number of ether oxygens (including phenoxy) is 1. The maximum Gasteiger partial charge on any atom is 0.412 e. The SMILES string of the molecule is C[C@@H](OC(=O)Nc1ccsc1-c1ccc(NC(=O)[C@H]2[C@H](C(=O)O)C2(F)F)cc1)c1ccccc1Cl. The van der Waals surface area contributed by atoms with Crippen LogP contribution in [0.1, 0.15) is 18.6 Å². The molecule has 1 aliphatic carbocycles. The number of nitrogens with one attached hydrogen (secondary N) is 2. The van der Waals surface area contributed by atoms with Crippen LogP contribution < -0.4 is 10.6 Å². The highest BCUT2D eigenvalue weighted by Crippen LogP contribution is 2.55. The quantitative estimate of drug-likeness (QED) is 0.340. The van der Waals surface area contributed by atoms with E-state index < -0.39 is 41.8 Å². The smallest absolute Gasteiger partial charge is 0.412 e. The zero-order chi connectivity index (χ0) is 25.3. The molecule has 1 aromatic heterocycles. The molecular weight excluding hydrogens is 502 g/mol. The fraction of sp³-hybridized carbons (Fsp3) is 0.208. The van der Waals surface area contributed by atoms with Gasteiger partial charge in [0.1, 0.15) is 17.9 Å². The van der Waals surface area contributed by atoms with Crippen molar-refractivity contribution in [3.05, 3.63) is 70.6 Å². The van der Waals surface area contributed by atoms with Crippen molar-refractivity contribution in [1.29, 1.82) is 0 Å². The number of carboxylic acids is 1. The first kappa shape index (κ1) is 24.6. The summed E-state index contributed by atoms with van der Waals surface area (Å²) in [5.74, 6) is -10.2. The number of carbonyl (C=O) groups is 3. The van der Waals surface area contributed by atoms with Crippen LogP contribution in [0.25, 0.3) is 10.4 Å². The largest absolute Gasteiger partial charge is 0.481 e. The molecule has 0 radical (unpaired) electrons. The maximum atomic E-state index is 13.6. The van der Waals surface area contributed by atoms with Crippen molar-refractivity contribution in [3.8, 4) is 10.4 Å². The van der Waals surface area contributed by atoms with E-state index >= 15 is 0 Å². The number of halogens is 3. The van der Waals surface area contributed by atoms with E-state index in [1.807, 2.05) is 0 Å². The van der Waals surface area contributed by atoms with Crippen molar-refractivity contribution in [2.24, 2.45) is 11.8 Å². The lowest BCUT2D eigenvalue weighted by Crippen LogP contribution is -2.18. The molecule has 1 saturated carbocycles. The molecule has 4 rings (SSSR count). The van der Waals surface area contributed by atoms with Crippen molar-refractivity contribution in [2.75, 3.05) is 10.6 Å². The van der Waals surface area contributed by atoms with E-state index in [1.54, 1.807) is 54.8 Å². The number of carboxylic acid groups (broad SMARTS) is 1. The molecule has 0 saturated heterocycles. The Balaban J connectivity index is 1.39. The Kier molecular flexibility index (Phi) is 6.77. The number of hydrogen-bond acceptors (Lipinski definition) is 5. The van der Waals surface area contributed by atoms with Crippen LogP contribution >= 0.6 is 22.9 Å². The lowest BCUT2D eigenvalue weighted by Gasteiger charge is -2.15. The summed E-state index contributed by atoms with van der Waals surface area (Å²) in [7, 11) is 0. The highest BCUT2D eigenvalue weighted by Gasteiger charge is 2.75. The third-order valence-electron chi connectivity index (χ3n) is 5.55. The van der Waals surface area contributed by atoms with Gasteiger partial charge in [0.05, 0.1) is 10.6 Å². The number of hydrogen-bond donors (Lipinski definition) is 3. The van der Waals surface area contributed by atoms with Crippen LogP contribution in [0.4, 0.5) is 25.0 Å². The summed E-state index contributed by atoms with van der Waals surface area (Å²) in [5.41, 5.74) is 2.12. The third kappa shape index (κ3) is 5.13. The van der Waals surface area contributed by atoms with Crippen LogP contribution in [0.15, 0.2) is 60.0 Å². The van der Waals surface area contributed by atoms with Crippen LogP contribution in [0.5, 0.6) is 0 Å². The second kappa shape index (κ2) is 9.63. The Morgan fingerprint density at radius 3 is 2.37 bits per heavy atom. The summed E-state index contributed by atoms with van der Waals surface area (Å²) in [6.07, 6.45) is -1.24. The molecule has 0 bridgehead atoms. The highest BCUT2D eigenvalue weighted by atomic mass is 35.5. The van der Waals surface area contributed by atoms with Gasteiger partial charge >= 0.3 is 12.1 Å². The Hall–Kier alpha value is -3.50. The zero-order valence-corrected chi connectivity index (χ0v) is 19.7. The molecule has 1 fully saturated rings. The van der Waals surface area contributed by atoms with E-state index in [0.29, 0.717) is 26.7 Å². The van der Waals surface area contributed by atoms with E-state index in [2.05, 4.69) is 10.6 Å². The number of carbonyl (C=O) groups excluding carboxylic acids is 2. The van der Waals surface area contributed by atoms with Gasteiger partial charge in [-0.3, -0.25) is 14.9 Å². The van der Waals surface area contributed by atoms with Crippen molar-refractivity contribution in [2.45, 2.75) is 19.0 Å². The van der Waals surface area contributed by atoms with Crippen LogP contribution in [0, 0.1) is 11.8 Å². The molecule has 11 heteroatoms. The maximum absolute atomic E-state index is 13.6. The molecule has 0 aliphatic heterocycles. The van der Waals surface area contributed by atoms with Crippen molar-refractivity contribution in [1.82, 2.24) is 0 Å². The minimum Gasteiger partial charge on any atom is -0.481 e. The normalized spacial score (nSPS) is 18.9. The minimum atomic E-state index is -3.56. The van der Waals surface area contributed by atoms with Gasteiger partial charge in [-0.1, -0.05) is 41.9 Å². The van der Waals surface area contributed by atoms with E-state index in [1.165, 1.54) is 23.5 Å². The van der Waals surface area contributed by atoms with Gasteiger partial charge in [-0.25, -0.2) is 13.6 Å². The number of aliphatic carboxylic acids is 1. The zero-order valence-electron chi connectivity index (χ0n) is 18.1. The fourth-order valence-corrected chi connectivity index (χ4v) is 4.83. The Labute approximate surface area is 207 Å². The number of benzene rings is 2. The number of alkyl halides is 2. The molecule has 0 unspecified atom stereocenters. The number of thiophene rings is 1. The molecule has 1 heterocycles. The van der Waals surface area contributed by atoms with Gasteiger partial charge in [0, 0.05) is 16.3 Å². The van der Waals surface area contributed by atoms with Crippen LogP contribution in [-0.2, 0) is 14.3 Å². The van der Waals surface area contributed by atoms with Gasteiger partial charge in [0.2, 0.25) is 5.91 Å². The topological polar surface area (TPSA) is 105 Å². The molecular formula is C24H19ClF2N2O5S. The van der Waals surface area contributed by atoms with Gasteiger partial charge in [-0.05, 0) is 42.1 Å². The predicted molar refractivity (Wildman–Crippen MR) is 128 cm³/mol. The van der Waals surface area contributed by atoms with Gasteiger partial charge in [0.15, 0.2) is 0 Å². The lowest BCUT2D eigenvalue weighted by atomic mass is 10.1. The minimum absolute atomic E-state index is 0.240. The molecule has 35 heavy (non-hydrogen) atoms. The highest BCUT2D eigenvalue weighted by molar-refractivity contribution is 7.14. The Bertz CT molecular complexity index is 1280. The standard InChI is InChI=1S/C24H19ClF2N2O5S/c1-12(15-4-2-3-5-16(15)25)34-23(33)29-17-10-11-35-20(17)13-6-8-14(9-7-13)28-21(30)18-19(22(31)32)24(18,26)27/h2-12,18-19H,1H3,(H,28,30)(H,29,33)(H,31,32)/t12-,18-,19-/m1/s1. The first-order chi connectivity index (χ1) is 16.6. The van der Waals surface area contributed by atoms with Gasteiger partial charge in [0.25, 0.3) is 5.92 Å². The summed E-state index contributed by atoms with van der Waals surface area (Å²) in [6.45, 7) is 1.71. The first-order valence-electron chi connectivity index (χ1n) is 10.4. The summed E-state index contributed by atoms with van der Waals surface area (Å²) < 4.78 is 32.6. The lowest BCUT2D eigenvalue weighted by molar-refractivity contribution is -0.141. The van der Waals surface area contributed by atoms with Crippen molar-refractivity contribution in [3.63, 3.8) is 0 Å². The van der Waals surface area contributed by atoms with Gasteiger partial charge < -0.3 is 15.2 Å². The molecule has 1 aliphatic rings. The van der Waals surface area contributed by atoms with E-state index in [9.17, 15) is 23.2 Å². The fourth-order valence-electron chi connectivity index (χ4n) is 3.68. The summed E-state index contributed by atoms with van der Waals surface area (Å²) in [6, 6.07) is 15.0. The number of amides is 2. The second-order valence-electron chi connectivity index (χ2n) is 7.89. The van der Waals surface area contributed by atoms with Gasteiger partial charge in [-0.15, -0.1) is 11.3 Å². The first-order valence-corrected chi connectivity index (χ1v) is 11.7. The number of anilines is 2. The molecule has 182 valence electrons. The Morgan fingerprint density at radius 2 is 1.74 bits per heavy atom. The molecule has 3 aromatic rings. The average Bonchev–Trinajstić information content (AvgIpc) is 3.12. The van der Waals surface area contributed by atoms with Crippen molar-refractivity contribution >= 4 is 52.3 Å². The van der Waals surface area contributed by atoms with Crippen LogP contribution in [-0.4, -0.2) is 29.0 Å². The van der Waals surface area contributed by atoms with Crippen LogP contribution in [0.3, 0.4) is 0 Å². The van der Waals surface area contributed by atoms with E-state index in [4.69, 9.17) is 21.4 Å². The predicted octanol–water partition coefficient (Wildman–Crippen LogP) is 6.28. The van der Waals surface area contributed by atoms with E-state index in [-0.39, 0.29) is 5.69 Å². The molecule has 3 N–H and O–H groups in total. The molecule has 7 nitrogen and oxygen atoms in total. The summed E-state index contributed by atoms with van der Waals surface area (Å²) >= 11 is 7.51. The van der Waals surface area contributed by atoms with E-state index in [0.717, 1.165) is 0 Å². The molecule has 0 spiro atoms. The van der Waals surface area contributed by atoms with Gasteiger partial charge in [-0.2, -0.15) is 0 Å².